The molecule has 0 bridgehead atoms. The van der Waals surface area contributed by atoms with Crippen molar-refractivity contribution in [3.8, 4) is 22.5 Å². The van der Waals surface area contributed by atoms with Crippen LogP contribution in [0, 0.1) is 0 Å². The van der Waals surface area contributed by atoms with Gasteiger partial charge in [0.05, 0.1) is 16.6 Å². The maximum absolute atomic E-state index is 2.47. The van der Waals surface area contributed by atoms with Crippen LogP contribution in [-0.2, 0) is 6.42 Å². The van der Waals surface area contributed by atoms with E-state index < -0.39 is 0 Å². The molecule has 0 unspecified atom stereocenters. The third-order valence-corrected chi connectivity index (χ3v) is 11.8. The molecule has 0 atom stereocenters. The second kappa shape index (κ2) is 13.9. The molecule has 0 amide bonds. The number of aromatic nitrogens is 2. The van der Waals surface area contributed by atoms with Crippen LogP contribution in [0.1, 0.15) is 36.1 Å². The van der Waals surface area contributed by atoms with Crippen molar-refractivity contribution in [1.82, 2.24) is 9.13 Å². The van der Waals surface area contributed by atoms with E-state index in [0.717, 1.165) is 42.7 Å². The lowest BCUT2D eigenvalue weighted by atomic mass is 9.98. The lowest BCUT2D eigenvalue weighted by molar-refractivity contribution is 0.888. The molecule has 2 aromatic heterocycles. The molecule has 2 heterocycles. The lowest BCUT2D eigenvalue weighted by Gasteiger charge is -2.27. The zero-order valence-corrected chi connectivity index (χ0v) is 31.7. The summed E-state index contributed by atoms with van der Waals surface area (Å²) in [5, 5.41) is 3.84. The van der Waals surface area contributed by atoms with Gasteiger partial charge >= 0.3 is 0 Å². The molecule has 0 saturated heterocycles. The number of fused-ring (bicyclic) bond motifs is 6. The average molecular weight is 732 g/mol. The molecular weight excluding hydrogens is 691 g/mol. The molecule has 11 rings (SSSR count). The largest absolute Gasteiger partial charge is 0.313 e. The van der Waals surface area contributed by atoms with Gasteiger partial charge in [-0.15, -0.1) is 0 Å². The summed E-state index contributed by atoms with van der Waals surface area (Å²) in [4.78, 5) is 2.40. The predicted molar refractivity (Wildman–Crippen MR) is 241 cm³/mol. The van der Waals surface area contributed by atoms with Crippen molar-refractivity contribution in [2.24, 2.45) is 0 Å². The fourth-order valence-electron chi connectivity index (χ4n) is 9.13. The topological polar surface area (TPSA) is 13.1 Å². The van der Waals surface area contributed by atoms with E-state index in [0.29, 0.717) is 0 Å². The summed E-state index contributed by atoms with van der Waals surface area (Å²) in [7, 11) is 0. The van der Waals surface area contributed by atoms with Crippen molar-refractivity contribution >= 4 is 61.4 Å². The number of anilines is 3. The van der Waals surface area contributed by atoms with E-state index in [1.54, 1.807) is 0 Å². The normalized spacial score (nSPS) is 13.6. The van der Waals surface area contributed by atoms with E-state index in [4.69, 9.17) is 0 Å². The van der Waals surface area contributed by atoms with Gasteiger partial charge in [-0.05, 0) is 133 Å². The molecule has 0 saturated carbocycles. The Morgan fingerprint density at radius 3 is 1.86 bits per heavy atom. The smallest absolute Gasteiger partial charge is 0.0541 e. The van der Waals surface area contributed by atoms with Crippen molar-refractivity contribution in [1.29, 1.82) is 0 Å². The average Bonchev–Trinajstić information content (AvgIpc) is 3.80. The van der Waals surface area contributed by atoms with E-state index >= 15 is 0 Å². The Morgan fingerprint density at radius 1 is 0.404 bits per heavy atom. The molecule has 0 N–H and O–H groups in total. The zero-order valence-electron chi connectivity index (χ0n) is 31.7. The Morgan fingerprint density at radius 2 is 1.07 bits per heavy atom. The van der Waals surface area contributed by atoms with Crippen LogP contribution in [0.4, 0.5) is 17.1 Å². The molecule has 9 aromatic rings. The highest BCUT2D eigenvalue weighted by Gasteiger charge is 2.20. The second-order valence-electron chi connectivity index (χ2n) is 15.2. The van der Waals surface area contributed by atoms with E-state index in [-0.39, 0.29) is 0 Å². The van der Waals surface area contributed by atoms with Crippen molar-refractivity contribution in [3.05, 3.63) is 211 Å². The van der Waals surface area contributed by atoms with Crippen LogP contribution >= 0.6 is 0 Å². The van der Waals surface area contributed by atoms with Crippen molar-refractivity contribution < 1.29 is 0 Å². The van der Waals surface area contributed by atoms with Crippen LogP contribution in [-0.4, -0.2) is 9.13 Å². The first-order valence-corrected chi connectivity index (χ1v) is 20.1. The molecule has 0 aliphatic heterocycles. The molecule has 57 heavy (non-hydrogen) atoms. The molecule has 272 valence electrons. The minimum atomic E-state index is 1.04. The van der Waals surface area contributed by atoms with Gasteiger partial charge in [-0.2, -0.15) is 0 Å². The minimum absolute atomic E-state index is 1.04. The molecule has 2 aliphatic rings. The van der Waals surface area contributed by atoms with Gasteiger partial charge in [-0.3, -0.25) is 0 Å². The second-order valence-corrected chi connectivity index (χ2v) is 15.2. The first kappa shape index (κ1) is 33.3. The van der Waals surface area contributed by atoms with Crippen LogP contribution in [0.25, 0.3) is 66.9 Å². The summed E-state index contributed by atoms with van der Waals surface area (Å²) < 4.78 is 4.84. The Balaban J connectivity index is 1.000. The van der Waals surface area contributed by atoms with Crippen LogP contribution in [0.15, 0.2) is 194 Å². The van der Waals surface area contributed by atoms with Gasteiger partial charge in [0.25, 0.3) is 0 Å². The van der Waals surface area contributed by atoms with Crippen LogP contribution < -0.4 is 4.90 Å². The minimum Gasteiger partial charge on any atom is -0.313 e. The first-order valence-electron chi connectivity index (χ1n) is 20.1. The van der Waals surface area contributed by atoms with Crippen molar-refractivity contribution in [3.63, 3.8) is 0 Å². The fraction of sp³-hybridized carbons (Fsp3) is 0.0741. The molecule has 0 spiro atoms. The maximum atomic E-state index is 2.47. The molecule has 0 radical (unpaired) electrons. The number of hydrogen-bond donors (Lipinski definition) is 0. The van der Waals surface area contributed by atoms with Crippen LogP contribution in [0.3, 0.4) is 0 Å². The van der Waals surface area contributed by atoms with E-state index in [2.05, 4.69) is 214 Å². The molecule has 7 aromatic carbocycles. The van der Waals surface area contributed by atoms with Gasteiger partial charge in [0.2, 0.25) is 0 Å². The molecule has 2 aliphatic carbocycles. The third-order valence-electron chi connectivity index (χ3n) is 11.8. The number of benzene rings is 7. The SMILES string of the molecule is C1=CC(c2cccc(N(c3ccc(-c4ccc5c(c4)c4ccccc4n5-c4ccccc4)cc3)c3ccc(-n4c5c(c6ccccc64)C=CCC5)cc3)c2)=CCC1. The van der Waals surface area contributed by atoms with Gasteiger partial charge < -0.3 is 14.0 Å². The van der Waals surface area contributed by atoms with Crippen molar-refractivity contribution in [2.45, 2.75) is 25.7 Å². The van der Waals surface area contributed by atoms with Gasteiger partial charge in [0, 0.05) is 55.9 Å². The van der Waals surface area contributed by atoms with Gasteiger partial charge in [-0.1, -0.05) is 115 Å². The van der Waals surface area contributed by atoms with Crippen LogP contribution in [0.2, 0.25) is 0 Å². The standard InChI is InChI=1S/C54H41N3/c1-3-14-38(15-4-1)40-16-13-19-46(36-40)55(44-31-33-45(34-32-44)57-51-23-10-7-20-47(51)48-21-8-11-24-52(48)57)43-29-26-39(27-30-43)41-28-35-54-50(37-41)49-22-9-12-25-53(49)56(54)42-17-5-2-6-18-42/h2-3,5-10,12-23,25-37H,1,4,11,24H2. The molecule has 3 nitrogen and oxygen atoms in total. The van der Waals surface area contributed by atoms with E-state index in [9.17, 15) is 0 Å². The maximum Gasteiger partial charge on any atom is 0.0541 e. The number of nitrogens with zero attached hydrogens (tertiary/aromatic N) is 3. The number of rotatable bonds is 7. The Labute approximate surface area is 333 Å². The molecule has 0 fully saturated rings. The highest BCUT2D eigenvalue weighted by Crippen LogP contribution is 2.40. The number of hydrogen-bond acceptors (Lipinski definition) is 1. The Bertz CT molecular complexity index is 3040. The lowest BCUT2D eigenvalue weighted by Crippen LogP contribution is -2.10. The van der Waals surface area contributed by atoms with Gasteiger partial charge in [0.1, 0.15) is 0 Å². The molecular formula is C54H41N3. The summed E-state index contributed by atoms with van der Waals surface area (Å²) >= 11 is 0. The quantitative estimate of drug-likeness (QED) is 0.159. The Kier molecular flexibility index (Phi) is 8.10. The fourth-order valence-corrected chi connectivity index (χ4v) is 9.13. The predicted octanol–water partition coefficient (Wildman–Crippen LogP) is 14.6. The third kappa shape index (κ3) is 5.74. The highest BCUT2D eigenvalue weighted by atomic mass is 15.1. The molecule has 3 heteroatoms. The first-order chi connectivity index (χ1) is 28.3. The number of para-hydroxylation sites is 3. The highest BCUT2D eigenvalue weighted by molar-refractivity contribution is 6.10. The van der Waals surface area contributed by atoms with Crippen molar-refractivity contribution in [2.75, 3.05) is 4.90 Å². The van der Waals surface area contributed by atoms with Crippen LogP contribution in [0.5, 0.6) is 0 Å². The Hall–Kier alpha value is -7.10. The van der Waals surface area contributed by atoms with E-state index in [1.807, 2.05) is 0 Å². The summed E-state index contributed by atoms with van der Waals surface area (Å²) in [6.45, 7) is 0. The summed E-state index contributed by atoms with van der Waals surface area (Å²) in [6, 6.07) is 62.3. The zero-order chi connectivity index (χ0) is 37.7. The summed E-state index contributed by atoms with van der Waals surface area (Å²) in [5.74, 6) is 0. The van der Waals surface area contributed by atoms with Gasteiger partial charge in [-0.25, -0.2) is 0 Å². The number of allylic oxidation sites excluding steroid dienone is 5. The summed E-state index contributed by atoms with van der Waals surface area (Å²) in [6.07, 6.45) is 15.8. The monoisotopic (exact) mass is 731 g/mol. The van der Waals surface area contributed by atoms with Gasteiger partial charge in [0.15, 0.2) is 0 Å². The van der Waals surface area contributed by atoms with E-state index in [1.165, 1.54) is 77.6 Å². The summed E-state index contributed by atoms with van der Waals surface area (Å²) in [5.41, 5.74) is 17.1.